The van der Waals surface area contributed by atoms with Crippen molar-refractivity contribution in [2.24, 2.45) is 0 Å². The van der Waals surface area contributed by atoms with Crippen molar-refractivity contribution in [1.29, 1.82) is 0 Å². The summed E-state index contributed by atoms with van der Waals surface area (Å²) in [7, 11) is 0. The minimum Gasteiger partial charge on any atom is -0.478 e. The van der Waals surface area contributed by atoms with Crippen molar-refractivity contribution in [2.75, 3.05) is 5.73 Å². The molecule has 0 radical (unpaired) electrons. The maximum Gasteiger partial charge on any atom is 0.335 e. The molecule has 0 aliphatic heterocycles. The Morgan fingerprint density at radius 3 is 2.72 bits per heavy atom. The first-order chi connectivity index (χ1) is 8.66. The predicted molar refractivity (Wildman–Crippen MR) is 71.6 cm³/mol. The number of pyridine rings is 1. The number of anilines is 1. The first kappa shape index (κ1) is 12.4. The molecule has 1 aromatic carbocycles. The highest BCUT2D eigenvalue weighted by atomic mass is 32.2. The molecule has 0 atom stereocenters. The number of nitrogen functional groups attached to an aromatic ring is 1. The molecular weight excluding hydrogens is 248 g/mol. The summed E-state index contributed by atoms with van der Waals surface area (Å²) >= 11 is 1.53. The zero-order chi connectivity index (χ0) is 13.0. The van der Waals surface area contributed by atoms with Crippen molar-refractivity contribution < 1.29 is 9.90 Å². The highest BCUT2D eigenvalue weighted by molar-refractivity contribution is 7.98. The maximum atomic E-state index is 11.0. The van der Waals surface area contributed by atoms with Gasteiger partial charge in [-0.1, -0.05) is 18.2 Å². The second kappa shape index (κ2) is 5.55. The molecule has 3 N–H and O–H groups in total. The molecular formula is C13H12N2O2S. The van der Waals surface area contributed by atoms with Gasteiger partial charge >= 0.3 is 5.97 Å². The summed E-state index contributed by atoms with van der Waals surface area (Å²) in [6.07, 6.45) is 1.68. The van der Waals surface area contributed by atoms with E-state index in [4.69, 9.17) is 10.8 Å². The van der Waals surface area contributed by atoms with Crippen LogP contribution in [0.5, 0.6) is 0 Å². The average Bonchev–Trinajstić information content (AvgIpc) is 2.38. The Bertz CT molecular complexity index is 555. The number of carbonyl (C=O) groups is 1. The molecule has 0 saturated carbocycles. The fourth-order valence-electron chi connectivity index (χ4n) is 1.49. The summed E-state index contributed by atoms with van der Waals surface area (Å²) in [5.74, 6) is 0.167. The Kier molecular flexibility index (Phi) is 3.84. The van der Waals surface area contributed by atoms with Gasteiger partial charge in [-0.25, -0.2) is 9.78 Å². The number of aromatic carboxylic acids is 1. The Morgan fingerprint density at radius 1 is 1.28 bits per heavy atom. The van der Waals surface area contributed by atoms with Crippen LogP contribution in [0.1, 0.15) is 15.9 Å². The van der Waals surface area contributed by atoms with E-state index in [-0.39, 0.29) is 0 Å². The summed E-state index contributed by atoms with van der Waals surface area (Å²) < 4.78 is 0. The number of carboxylic acids is 1. The fraction of sp³-hybridized carbons (Fsp3) is 0.0769. The number of nitrogens with zero attached hydrogens (tertiary/aromatic N) is 1. The monoisotopic (exact) mass is 260 g/mol. The van der Waals surface area contributed by atoms with Crippen LogP contribution in [-0.4, -0.2) is 16.1 Å². The molecule has 1 heterocycles. The molecule has 4 nitrogen and oxygen atoms in total. The van der Waals surface area contributed by atoms with Gasteiger partial charge in [0.05, 0.1) is 5.56 Å². The smallest absolute Gasteiger partial charge is 0.335 e. The van der Waals surface area contributed by atoms with Gasteiger partial charge in [0.15, 0.2) is 0 Å². The van der Waals surface area contributed by atoms with Crippen LogP contribution in [0.25, 0.3) is 0 Å². The van der Waals surface area contributed by atoms with Gasteiger partial charge < -0.3 is 10.8 Å². The summed E-state index contributed by atoms with van der Waals surface area (Å²) in [5.41, 5.74) is 6.64. The molecule has 0 fully saturated rings. The van der Waals surface area contributed by atoms with Crippen LogP contribution < -0.4 is 5.73 Å². The van der Waals surface area contributed by atoms with E-state index in [2.05, 4.69) is 4.98 Å². The molecule has 0 saturated heterocycles. The van der Waals surface area contributed by atoms with Gasteiger partial charge in [0.25, 0.3) is 0 Å². The SMILES string of the molecule is Nc1ccc(SCc2ccccc2C(=O)O)cn1. The lowest BCUT2D eigenvalue weighted by Crippen LogP contribution is -2.00. The van der Waals surface area contributed by atoms with Crippen LogP contribution in [0.2, 0.25) is 0 Å². The second-order valence-corrected chi connectivity index (χ2v) is 4.72. The molecule has 5 heteroatoms. The highest BCUT2D eigenvalue weighted by Crippen LogP contribution is 2.24. The third-order valence-corrected chi connectivity index (χ3v) is 3.43. The third-order valence-electron chi connectivity index (χ3n) is 2.40. The van der Waals surface area contributed by atoms with Crippen LogP contribution in [-0.2, 0) is 5.75 Å². The summed E-state index contributed by atoms with van der Waals surface area (Å²) in [6.45, 7) is 0. The van der Waals surface area contributed by atoms with Gasteiger partial charge in [-0.15, -0.1) is 11.8 Å². The van der Waals surface area contributed by atoms with E-state index in [9.17, 15) is 4.79 Å². The van der Waals surface area contributed by atoms with E-state index >= 15 is 0 Å². The third kappa shape index (κ3) is 3.01. The Morgan fingerprint density at radius 2 is 2.06 bits per heavy atom. The van der Waals surface area contributed by atoms with Crippen LogP contribution in [0.3, 0.4) is 0 Å². The number of nitrogens with two attached hydrogens (primary N) is 1. The van der Waals surface area contributed by atoms with Gasteiger partial charge in [0.2, 0.25) is 0 Å². The van der Waals surface area contributed by atoms with Gasteiger partial charge in [0, 0.05) is 16.8 Å². The molecule has 1 aromatic heterocycles. The number of benzene rings is 1. The van der Waals surface area contributed by atoms with Crippen molar-refractivity contribution in [1.82, 2.24) is 4.98 Å². The van der Waals surface area contributed by atoms with Gasteiger partial charge in [-0.3, -0.25) is 0 Å². The van der Waals surface area contributed by atoms with Crippen molar-refractivity contribution in [3.8, 4) is 0 Å². The first-order valence-electron chi connectivity index (χ1n) is 5.32. The van der Waals surface area contributed by atoms with E-state index in [0.717, 1.165) is 10.5 Å². The van der Waals surface area contributed by atoms with E-state index in [1.54, 1.807) is 24.4 Å². The molecule has 0 aliphatic rings. The Labute approximate surface area is 109 Å². The quantitative estimate of drug-likeness (QED) is 0.826. The van der Waals surface area contributed by atoms with Gasteiger partial charge in [-0.2, -0.15) is 0 Å². The largest absolute Gasteiger partial charge is 0.478 e. The molecule has 0 unspecified atom stereocenters. The molecule has 2 aromatic rings. The number of aromatic nitrogens is 1. The minimum absolute atomic E-state index is 0.341. The summed E-state index contributed by atoms with van der Waals surface area (Å²) in [6, 6.07) is 10.6. The predicted octanol–water partition coefficient (Wildman–Crippen LogP) is 2.65. The van der Waals surface area contributed by atoms with Crippen LogP contribution >= 0.6 is 11.8 Å². The number of rotatable bonds is 4. The van der Waals surface area contributed by atoms with E-state index in [1.165, 1.54) is 11.8 Å². The summed E-state index contributed by atoms with van der Waals surface area (Å²) in [4.78, 5) is 16.0. The minimum atomic E-state index is -0.901. The molecule has 2 rings (SSSR count). The first-order valence-corrected chi connectivity index (χ1v) is 6.31. The van der Waals surface area contributed by atoms with Crippen molar-refractivity contribution in [3.05, 3.63) is 53.7 Å². The lowest BCUT2D eigenvalue weighted by Gasteiger charge is -2.05. The zero-order valence-corrected chi connectivity index (χ0v) is 10.4. The standard InChI is InChI=1S/C13H12N2O2S/c14-12-6-5-10(7-15-12)18-8-9-3-1-2-4-11(9)13(16)17/h1-7H,8H2,(H2,14,15)(H,16,17). The Balaban J connectivity index is 2.10. The molecule has 0 amide bonds. The van der Waals surface area contributed by atoms with Gasteiger partial charge in [-0.05, 0) is 23.8 Å². The maximum absolute atomic E-state index is 11.0. The lowest BCUT2D eigenvalue weighted by atomic mass is 10.1. The van der Waals surface area contributed by atoms with Crippen LogP contribution in [0.4, 0.5) is 5.82 Å². The number of hydrogen-bond donors (Lipinski definition) is 2. The topological polar surface area (TPSA) is 76.2 Å². The molecule has 0 bridgehead atoms. The van der Waals surface area contributed by atoms with Gasteiger partial charge in [0.1, 0.15) is 5.82 Å². The zero-order valence-electron chi connectivity index (χ0n) is 9.54. The normalized spacial score (nSPS) is 10.2. The molecule has 0 spiro atoms. The Hall–Kier alpha value is -2.01. The second-order valence-electron chi connectivity index (χ2n) is 3.67. The van der Waals surface area contributed by atoms with E-state index in [0.29, 0.717) is 17.1 Å². The molecule has 92 valence electrons. The van der Waals surface area contributed by atoms with E-state index in [1.807, 2.05) is 18.2 Å². The van der Waals surface area contributed by atoms with E-state index < -0.39 is 5.97 Å². The van der Waals surface area contributed by atoms with Crippen LogP contribution in [0, 0.1) is 0 Å². The fourth-order valence-corrected chi connectivity index (χ4v) is 2.36. The number of thioether (sulfide) groups is 1. The number of hydrogen-bond acceptors (Lipinski definition) is 4. The van der Waals surface area contributed by atoms with Crippen molar-refractivity contribution in [2.45, 2.75) is 10.6 Å². The van der Waals surface area contributed by atoms with Crippen molar-refractivity contribution in [3.63, 3.8) is 0 Å². The number of carboxylic acid groups (broad SMARTS) is 1. The average molecular weight is 260 g/mol. The highest BCUT2D eigenvalue weighted by Gasteiger charge is 2.08. The molecule has 0 aliphatic carbocycles. The van der Waals surface area contributed by atoms with Crippen LogP contribution in [0.15, 0.2) is 47.5 Å². The van der Waals surface area contributed by atoms with Crippen molar-refractivity contribution >= 4 is 23.5 Å². The summed E-state index contributed by atoms with van der Waals surface area (Å²) in [5, 5.41) is 9.06. The lowest BCUT2D eigenvalue weighted by molar-refractivity contribution is 0.0696. The molecule has 18 heavy (non-hydrogen) atoms.